The number of aromatic amines is 1. The van der Waals surface area contributed by atoms with E-state index >= 15 is 0 Å². The van der Waals surface area contributed by atoms with Crippen molar-refractivity contribution in [2.75, 3.05) is 5.32 Å². The summed E-state index contributed by atoms with van der Waals surface area (Å²) in [7, 11) is -3.64. The van der Waals surface area contributed by atoms with Gasteiger partial charge in [-0.3, -0.25) is 5.10 Å². The number of rotatable bonds is 8. The largest absolute Gasteiger partial charge is 0.468 e. The summed E-state index contributed by atoms with van der Waals surface area (Å²) in [5.74, 6) is 0.555. The maximum absolute atomic E-state index is 12.5. The molecule has 3 N–H and O–H groups in total. The summed E-state index contributed by atoms with van der Waals surface area (Å²) < 4.78 is 32.8. The molecular weight excluding hydrogens is 396 g/mol. The number of sulfonamides is 1. The van der Waals surface area contributed by atoms with E-state index in [1.54, 1.807) is 47.9 Å². The van der Waals surface area contributed by atoms with E-state index in [0.717, 1.165) is 16.1 Å². The summed E-state index contributed by atoms with van der Waals surface area (Å²) in [4.78, 5) is 1.29. The SMILES string of the molecule is O=S(=O)(NCc1ccco1)c1cccc(NCc2cn[nH]c2-c2cccs2)c1. The molecule has 4 rings (SSSR count). The highest BCUT2D eigenvalue weighted by Gasteiger charge is 2.15. The highest BCUT2D eigenvalue weighted by molar-refractivity contribution is 7.89. The van der Waals surface area contributed by atoms with E-state index < -0.39 is 10.0 Å². The summed E-state index contributed by atoms with van der Waals surface area (Å²) in [6.45, 7) is 0.624. The van der Waals surface area contributed by atoms with Gasteiger partial charge in [0.2, 0.25) is 10.0 Å². The molecule has 0 saturated heterocycles. The van der Waals surface area contributed by atoms with Gasteiger partial charge in [0, 0.05) is 17.8 Å². The molecule has 0 amide bonds. The minimum Gasteiger partial charge on any atom is -0.468 e. The van der Waals surface area contributed by atoms with E-state index in [4.69, 9.17) is 4.42 Å². The fourth-order valence-corrected chi connectivity index (χ4v) is 4.51. The van der Waals surface area contributed by atoms with Crippen LogP contribution in [0.25, 0.3) is 10.6 Å². The molecule has 0 unspecified atom stereocenters. The molecule has 0 aliphatic carbocycles. The van der Waals surface area contributed by atoms with Gasteiger partial charge in [-0.1, -0.05) is 12.1 Å². The Balaban J connectivity index is 1.45. The van der Waals surface area contributed by atoms with Crippen molar-refractivity contribution >= 4 is 27.0 Å². The van der Waals surface area contributed by atoms with Crippen LogP contribution in [0.1, 0.15) is 11.3 Å². The van der Waals surface area contributed by atoms with Crippen LogP contribution in [0.2, 0.25) is 0 Å². The van der Waals surface area contributed by atoms with E-state index in [1.165, 1.54) is 6.26 Å². The monoisotopic (exact) mass is 414 g/mol. The summed E-state index contributed by atoms with van der Waals surface area (Å²) in [6, 6.07) is 14.2. The van der Waals surface area contributed by atoms with Crippen molar-refractivity contribution in [3.63, 3.8) is 0 Å². The molecule has 0 radical (unpaired) electrons. The first-order valence-corrected chi connectivity index (χ1v) is 10.9. The Morgan fingerprint density at radius 2 is 2.04 bits per heavy atom. The Kier molecular flexibility index (Phi) is 5.29. The third-order valence-electron chi connectivity index (χ3n) is 4.13. The second-order valence-electron chi connectivity index (χ2n) is 6.03. The van der Waals surface area contributed by atoms with Gasteiger partial charge in [-0.15, -0.1) is 11.3 Å². The lowest BCUT2D eigenvalue weighted by Gasteiger charge is -2.10. The number of hydrogen-bond donors (Lipinski definition) is 3. The summed E-state index contributed by atoms with van der Waals surface area (Å²) in [6.07, 6.45) is 3.28. The minimum atomic E-state index is -3.64. The van der Waals surface area contributed by atoms with Crippen LogP contribution in [0.3, 0.4) is 0 Å². The fourth-order valence-electron chi connectivity index (χ4n) is 2.71. The number of nitrogens with one attached hydrogen (secondary N) is 3. The van der Waals surface area contributed by atoms with E-state index in [0.29, 0.717) is 18.0 Å². The van der Waals surface area contributed by atoms with Gasteiger partial charge in [-0.05, 0) is 41.8 Å². The van der Waals surface area contributed by atoms with Crippen LogP contribution in [-0.4, -0.2) is 18.6 Å². The van der Waals surface area contributed by atoms with Crippen molar-refractivity contribution < 1.29 is 12.8 Å². The van der Waals surface area contributed by atoms with Gasteiger partial charge in [0.1, 0.15) is 5.76 Å². The van der Waals surface area contributed by atoms with Gasteiger partial charge >= 0.3 is 0 Å². The Morgan fingerprint density at radius 1 is 1.11 bits per heavy atom. The Morgan fingerprint density at radius 3 is 2.82 bits per heavy atom. The smallest absolute Gasteiger partial charge is 0.241 e. The van der Waals surface area contributed by atoms with Gasteiger partial charge in [-0.25, -0.2) is 13.1 Å². The molecule has 3 aromatic heterocycles. The zero-order valence-electron chi connectivity index (χ0n) is 14.8. The van der Waals surface area contributed by atoms with Crippen LogP contribution in [0.4, 0.5) is 5.69 Å². The van der Waals surface area contributed by atoms with Crippen LogP contribution < -0.4 is 10.0 Å². The summed E-state index contributed by atoms with van der Waals surface area (Å²) in [5.41, 5.74) is 2.68. The highest BCUT2D eigenvalue weighted by Crippen LogP contribution is 2.26. The number of nitrogens with zero attached hydrogens (tertiary/aromatic N) is 1. The highest BCUT2D eigenvalue weighted by atomic mass is 32.2. The molecule has 0 aliphatic rings. The summed E-state index contributed by atoms with van der Waals surface area (Å²) >= 11 is 1.63. The van der Waals surface area contributed by atoms with Crippen LogP contribution in [0.5, 0.6) is 0 Å². The lowest BCUT2D eigenvalue weighted by atomic mass is 10.2. The number of anilines is 1. The average molecular weight is 415 g/mol. The first kappa shape index (κ1) is 18.5. The fraction of sp³-hybridized carbons (Fsp3) is 0.105. The Bertz CT molecular complexity index is 1130. The zero-order chi connectivity index (χ0) is 19.4. The molecule has 0 saturated carbocycles. The van der Waals surface area contributed by atoms with Crippen molar-refractivity contribution in [2.24, 2.45) is 0 Å². The lowest BCUT2D eigenvalue weighted by Crippen LogP contribution is -2.23. The number of furan rings is 1. The van der Waals surface area contributed by atoms with Crippen molar-refractivity contribution in [1.82, 2.24) is 14.9 Å². The minimum absolute atomic E-state index is 0.103. The predicted molar refractivity (Wildman–Crippen MR) is 108 cm³/mol. The van der Waals surface area contributed by atoms with Crippen LogP contribution in [0.15, 0.2) is 75.7 Å². The van der Waals surface area contributed by atoms with Gasteiger partial charge in [0.05, 0.1) is 34.5 Å². The van der Waals surface area contributed by atoms with Crippen LogP contribution in [0, 0.1) is 0 Å². The molecule has 0 aliphatic heterocycles. The van der Waals surface area contributed by atoms with E-state index in [-0.39, 0.29) is 11.4 Å². The third-order valence-corrected chi connectivity index (χ3v) is 6.42. The standard InChI is InChI=1S/C19H18N4O3S2/c24-28(25,22-13-16-5-2-8-26-16)17-6-1-4-15(10-17)20-11-14-12-21-23-19(14)18-7-3-9-27-18/h1-10,12,20,22H,11,13H2,(H,21,23). The Hall–Kier alpha value is -2.88. The average Bonchev–Trinajstić information content (AvgIpc) is 3.47. The normalized spacial score (nSPS) is 11.6. The molecule has 0 spiro atoms. The van der Waals surface area contributed by atoms with Gasteiger partial charge in [0.15, 0.2) is 0 Å². The predicted octanol–water partition coefficient (Wildman–Crippen LogP) is 3.82. The second kappa shape index (κ2) is 8.01. The van der Waals surface area contributed by atoms with Crippen molar-refractivity contribution in [2.45, 2.75) is 18.0 Å². The molecule has 7 nitrogen and oxygen atoms in total. The number of aromatic nitrogens is 2. The first-order chi connectivity index (χ1) is 13.6. The zero-order valence-corrected chi connectivity index (χ0v) is 16.4. The molecule has 28 heavy (non-hydrogen) atoms. The Labute approximate surface area is 166 Å². The molecule has 0 atom stereocenters. The number of benzene rings is 1. The van der Waals surface area contributed by atoms with E-state index in [1.807, 2.05) is 23.6 Å². The maximum atomic E-state index is 12.5. The van der Waals surface area contributed by atoms with Crippen molar-refractivity contribution in [3.8, 4) is 10.6 Å². The molecular formula is C19H18N4O3S2. The van der Waals surface area contributed by atoms with E-state index in [2.05, 4.69) is 20.2 Å². The molecule has 3 heterocycles. The molecule has 1 aromatic carbocycles. The second-order valence-corrected chi connectivity index (χ2v) is 8.75. The molecule has 4 aromatic rings. The van der Waals surface area contributed by atoms with E-state index in [9.17, 15) is 8.42 Å². The molecule has 144 valence electrons. The first-order valence-electron chi connectivity index (χ1n) is 8.54. The van der Waals surface area contributed by atoms with Gasteiger partial charge < -0.3 is 9.73 Å². The molecule has 9 heteroatoms. The topological polar surface area (TPSA) is 100 Å². The van der Waals surface area contributed by atoms with Gasteiger partial charge in [0.25, 0.3) is 0 Å². The summed E-state index contributed by atoms with van der Waals surface area (Å²) in [5, 5.41) is 12.4. The van der Waals surface area contributed by atoms with Gasteiger partial charge in [-0.2, -0.15) is 5.10 Å². The number of thiophene rings is 1. The van der Waals surface area contributed by atoms with Crippen molar-refractivity contribution in [3.05, 3.63) is 77.7 Å². The number of hydrogen-bond acceptors (Lipinski definition) is 6. The van der Waals surface area contributed by atoms with Crippen molar-refractivity contribution in [1.29, 1.82) is 0 Å². The molecule has 0 fully saturated rings. The quantitative estimate of drug-likeness (QED) is 0.407. The van der Waals surface area contributed by atoms with Crippen LogP contribution in [-0.2, 0) is 23.1 Å². The molecule has 0 bridgehead atoms. The van der Waals surface area contributed by atoms with Crippen LogP contribution >= 0.6 is 11.3 Å². The number of H-pyrrole nitrogens is 1. The third kappa shape index (κ3) is 4.16. The lowest BCUT2D eigenvalue weighted by molar-refractivity contribution is 0.498. The maximum Gasteiger partial charge on any atom is 0.241 e.